The van der Waals surface area contributed by atoms with Crippen molar-refractivity contribution in [3.8, 4) is 0 Å². The Morgan fingerprint density at radius 1 is 1.61 bits per heavy atom. The highest BCUT2D eigenvalue weighted by Gasteiger charge is 2.09. The Labute approximate surface area is 109 Å². The predicted octanol–water partition coefficient (Wildman–Crippen LogP) is 1.26. The van der Waals surface area contributed by atoms with Crippen LogP contribution < -0.4 is 10.6 Å². The second kappa shape index (κ2) is 5.63. The van der Waals surface area contributed by atoms with Crippen LogP contribution in [0.1, 0.15) is 18.7 Å². The van der Waals surface area contributed by atoms with Crippen LogP contribution in [0.15, 0.2) is 23.3 Å². The van der Waals surface area contributed by atoms with Crippen LogP contribution >= 0.6 is 11.3 Å². The summed E-state index contributed by atoms with van der Waals surface area (Å²) < 4.78 is 1.59. The van der Waals surface area contributed by atoms with E-state index in [2.05, 4.69) is 20.7 Å². The van der Waals surface area contributed by atoms with Crippen molar-refractivity contribution in [2.24, 2.45) is 0 Å². The molecule has 2 heterocycles. The summed E-state index contributed by atoms with van der Waals surface area (Å²) in [5.41, 5.74) is 3.68. The number of likely N-dealkylation sites (N-methyl/N-ethyl adjacent to an activating group) is 1. The van der Waals surface area contributed by atoms with Gasteiger partial charge in [0.05, 0.1) is 29.1 Å². The Morgan fingerprint density at radius 3 is 3.11 bits per heavy atom. The number of hydrogen-bond acceptors (Lipinski definition) is 5. The van der Waals surface area contributed by atoms with Gasteiger partial charge < -0.3 is 10.6 Å². The second-order valence-corrected chi connectivity index (χ2v) is 4.60. The lowest BCUT2D eigenvalue weighted by Crippen LogP contribution is -2.23. The number of hydrogen-bond donors (Lipinski definition) is 2. The molecule has 0 aliphatic carbocycles. The van der Waals surface area contributed by atoms with E-state index in [-0.39, 0.29) is 18.5 Å². The van der Waals surface area contributed by atoms with Gasteiger partial charge in [0.15, 0.2) is 0 Å². The van der Waals surface area contributed by atoms with E-state index < -0.39 is 0 Å². The van der Waals surface area contributed by atoms with E-state index in [0.717, 1.165) is 11.4 Å². The number of thiazole rings is 1. The third-order valence-electron chi connectivity index (χ3n) is 2.50. The van der Waals surface area contributed by atoms with Crippen molar-refractivity contribution in [2.45, 2.75) is 19.5 Å². The molecule has 6 nitrogen and oxygen atoms in total. The fourth-order valence-electron chi connectivity index (χ4n) is 1.51. The Balaban J connectivity index is 1.96. The van der Waals surface area contributed by atoms with Crippen LogP contribution in [0, 0.1) is 0 Å². The maximum atomic E-state index is 11.2. The molecule has 7 heteroatoms. The molecule has 0 saturated heterocycles. The van der Waals surface area contributed by atoms with E-state index in [9.17, 15) is 4.79 Å². The number of rotatable bonds is 5. The molecule has 0 aliphatic heterocycles. The van der Waals surface area contributed by atoms with Crippen LogP contribution in [-0.2, 0) is 11.3 Å². The first-order chi connectivity index (χ1) is 8.69. The molecular formula is C11H15N5OS. The summed E-state index contributed by atoms with van der Waals surface area (Å²) >= 11 is 1.57. The molecule has 0 aromatic carbocycles. The van der Waals surface area contributed by atoms with Gasteiger partial charge in [-0.1, -0.05) is 0 Å². The Hall–Kier alpha value is -1.89. The van der Waals surface area contributed by atoms with Gasteiger partial charge in [-0.2, -0.15) is 5.10 Å². The first-order valence-corrected chi connectivity index (χ1v) is 6.51. The van der Waals surface area contributed by atoms with Crippen LogP contribution in [0.2, 0.25) is 0 Å². The van der Waals surface area contributed by atoms with Crippen LogP contribution in [0.4, 0.5) is 5.69 Å². The lowest BCUT2D eigenvalue weighted by Gasteiger charge is -2.10. The molecule has 2 N–H and O–H groups in total. The van der Waals surface area contributed by atoms with E-state index in [4.69, 9.17) is 0 Å². The fraction of sp³-hybridized carbons (Fsp3) is 0.364. The quantitative estimate of drug-likeness (QED) is 0.853. The molecule has 2 aromatic rings. The summed E-state index contributed by atoms with van der Waals surface area (Å²) in [7, 11) is 1.61. The number of nitrogens with one attached hydrogen (secondary N) is 2. The molecule has 0 bridgehead atoms. The minimum absolute atomic E-state index is 0.0720. The number of carbonyl (C=O) groups excluding carboxylic acids is 1. The third kappa shape index (κ3) is 3.07. The normalized spacial score (nSPS) is 12.1. The molecule has 0 fully saturated rings. The van der Waals surface area contributed by atoms with Crippen molar-refractivity contribution in [1.82, 2.24) is 20.1 Å². The second-order valence-electron chi connectivity index (χ2n) is 3.88. The summed E-state index contributed by atoms with van der Waals surface area (Å²) in [6, 6.07) is 0.119. The number of nitrogens with zero attached hydrogens (tertiary/aromatic N) is 3. The monoisotopic (exact) mass is 265 g/mol. The standard InChI is InChI=1S/C11H15N5OS/c1-8(10-6-18-7-13-10)15-9-3-14-16(4-9)5-11(17)12-2/h3-4,6-8,15H,5H2,1-2H3,(H,12,17). The van der Waals surface area contributed by atoms with Crippen molar-refractivity contribution in [1.29, 1.82) is 0 Å². The van der Waals surface area contributed by atoms with Gasteiger partial charge in [-0.05, 0) is 6.92 Å². The molecule has 2 aromatic heterocycles. The molecule has 0 aliphatic rings. The predicted molar refractivity (Wildman–Crippen MR) is 70.4 cm³/mol. The van der Waals surface area contributed by atoms with Gasteiger partial charge >= 0.3 is 0 Å². The van der Waals surface area contributed by atoms with Gasteiger partial charge in [-0.3, -0.25) is 9.48 Å². The minimum Gasteiger partial charge on any atom is -0.374 e. The zero-order valence-corrected chi connectivity index (χ0v) is 11.1. The van der Waals surface area contributed by atoms with Gasteiger partial charge in [0.25, 0.3) is 0 Å². The van der Waals surface area contributed by atoms with Crippen LogP contribution in [-0.4, -0.2) is 27.7 Å². The van der Waals surface area contributed by atoms with Gasteiger partial charge in [0.2, 0.25) is 5.91 Å². The first kappa shape index (κ1) is 12.6. The fourth-order valence-corrected chi connectivity index (χ4v) is 2.16. The number of anilines is 1. The number of amides is 1. The lowest BCUT2D eigenvalue weighted by molar-refractivity contribution is -0.121. The van der Waals surface area contributed by atoms with Crippen LogP contribution in [0.3, 0.4) is 0 Å². The van der Waals surface area contributed by atoms with Crippen molar-refractivity contribution >= 4 is 22.9 Å². The maximum absolute atomic E-state index is 11.2. The van der Waals surface area contributed by atoms with Crippen LogP contribution in [0.5, 0.6) is 0 Å². The molecule has 1 unspecified atom stereocenters. The summed E-state index contributed by atoms with van der Waals surface area (Å²) in [6.07, 6.45) is 3.50. The van der Waals surface area contributed by atoms with Gasteiger partial charge in [-0.15, -0.1) is 11.3 Å². The molecule has 0 spiro atoms. The molecule has 1 amide bonds. The number of aromatic nitrogens is 3. The highest BCUT2D eigenvalue weighted by molar-refractivity contribution is 7.07. The van der Waals surface area contributed by atoms with Crippen molar-refractivity contribution in [2.75, 3.05) is 12.4 Å². The molecule has 0 saturated carbocycles. The summed E-state index contributed by atoms with van der Waals surface area (Å²) in [5.74, 6) is -0.0720. The molecular weight excluding hydrogens is 250 g/mol. The number of carbonyl (C=O) groups is 1. The van der Waals surface area contributed by atoms with Crippen LogP contribution in [0.25, 0.3) is 0 Å². The van der Waals surface area contributed by atoms with E-state index in [1.54, 1.807) is 35.5 Å². The van der Waals surface area contributed by atoms with Gasteiger partial charge in [-0.25, -0.2) is 4.98 Å². The van der Waals surface area contributed by atoms with Gasteiger partial charge in [0.1, 0.15) is 6.54 Å². The minimum atomic E-state index is -0.0720. The zero-order chi connectivity index (χ0) is 13.0. The highest BCUT2D eigenvalue weighted by Crippen LogP contribution is 2.18. The lowest BCUT2D eigenvalue weighted by atomic mass is 10.2. The maximum Gasteiger partial charge on any atom is 0.241 e. The average Bonchev–Trinajstić information content (AvgIpc) is 3.00. The first-order valence-electron chi connectivity index (χ1n) is 5.56. The molecule has 18 heavy (non-hydrogen) atoms. The molecule has 2 rings (SSSR count). The van der Waals surface area contributed by atoms with Crippen molar-refractivity contribution < 1.29 is 4.79 Å². The van der Waals surface area contributed by atoms with Gasteiger partial charge in [0, 0.05) is 18.6 Å². The van der Waals surface area contributed by atoms with Crippen molar-refractivity contribution in [3.05, 3.63) is 29.0 Å². The highest BCUT2D eigenvalue weighted by atomic mass is 32.1. The Kier molecular flexibility index (Phi) is 3.93. The zero-order valence-electron chi connectivity index (χ0n) is 10.3. The topological polar surface area (TPSA) is 71.8 Å². The van der Waals surface area contributed by atoms with E-state index >= 15 is 0 Å². The molecule has 96 valence electrons. The SMILES string of the molecule is CNC(=O)Cn1cc(NC(C)c2cscn2)cn1. The van der Waals surface area contributed by atoms with E-state index in [0.29, 0.717) is 0 Å². The smallest absolute Gasteiger partial charge is 0.241 e. The van der Waals surface area contributed by atoms with E-state index in [1.807, 2.05) is 17.8 Å². The largest absolute Gasteiger partial charge is 0.374 e. The Bertz CT molecular complexity index is 507. The molecule has 1 atom stereocenters. The third-order valence-corrected chi connectivity index (χ3v) is 3.10. The summed E-state index contributed by atoms with van der Waals surface area (Å²) in [5, 5.41) is 12.0. The molecule has 0 radical (unpaired) electrons. The summed E-state index contributed by atoms with van der Waals surface area (Å²) in [6.45, 7) is 2.26. The Morgan fingerprint density at radius 2 is 2.44 bits per heavy atom. The van der Waals surface area contributed by atoms with Crippen molar-refractivity contribution in [3.63, 3.8) is 0 Å². The van der Waals surface area contributed by atoms with E-state index in [1.165, 1.54) is 0 Å². The average molecular weight is 265 g/mol. The summed E-state index contributed by atoms with van der Waals surface area (Å²) in [4.78, 5) is 15.4.